The maximum Gasteiger partial charge on any atom is 0.180 e. The van der Waals surface area contributed by atoms with Gasteiger partial charge in [-0.05, 0) is 24.5 Å². The van der Waals surface area contributed by atoms with Gasteiger partial charge in [0.1, 0.15) is 11.3 Å². The fraction of sp³-hybridized carbons (Fsp3) is 0.462. The van der Waals surface area contributed by atoms with Gasteiger partial charge in [0.25, 0.3) is 0 Å². The summed E-state index contributed by atoms with van der Waals surface area (Å²) < 4.78 is 0. The SMILES string of the molecule is CC(C)CC(O)CNc1ccc2nccnc2n1. The third kappa shape index (κ3) is 3.37. The molecule has 2 rings (SSSR count). The highest BCUT2D eigenvalue weighted by Crippen LogP contribution is 2.11. The molecule has 0 aliphatic carbocycles. The summed E-state index contributed by atoms with van der Waals surface area (Å²) in [5.74, 6) is 1.20. The molecule has 2 N–H and O–H groups in total. The van der Waals surface area contributed by atoms with Crippen LogP contribution in [-0.2, 0) is 0 Å². The number of pyridine rings is 1. The van der Waals surface area contributed by atoms with Crippen molar-refractivity contribution in [3.05, 3.63) is 24.5 Å². The molecule has 0 aliphatic rings. The molecule has 0 bridgehead atoms. The summed E-state index contributed by atoms with van der Waals surface area (Å²) in [5.41, 5.74) is 1.38. The second-order valence-corrected chi connectivity index (χ2v) is 4.76. The zero-order valence-corrected chi connectivity index (χ0v) is 10.7. The number of aliphatic hydroxyl groups excluding tert-OH is 1. The van der Waals surface area contributed by atoms with Crippen LogP contribution >= 0.6 is 0 Å². The number of anilines is 1. The van der Waals surface area contributed by atoms with E-state index >= 15 is 0 Å². The van der Waals surface area contributed by atoms with Gasteiger partial charge >= 0.3 is 0 Å². The summed E-state index contributed by atoms with van der Waals surface area (Å²) in [4.78, 5) is 12.6. The smallest absolute Gasteiger partial charge is 0.180 e. The highest BCUT2D eigenvalue weighted by atomic mass is 16.3. The van der Waals surface area contributed by atoms with E-state index in [-0.39, 0.29) is 6.10 Å². The van der Waals surface area contributed by atoms with Gasteiger partial charge in [-0.25, -0.2) is 9.97 Å². The summed E-state index contributed by atoms with van der Waals surface area (Å²) in [7, 11) is 0. The topological polar surface area (TPSA) is 70.9 Å². The van der Waals surface area contributed by atoms with Gasteiger partial charge in [0.15, 0.2) is 5.65 Å². The van der Waals surface area contributed by atoms with Crippen molar-refractivity contribution in [2.75, 3.05) is 11.9 Å². The third-order valence-corrected chi connectivity index (χ3v) is 2.59. The molecule has 5 nitrogen and oxygen atoms in total. The van der Waals surface area contributed by atoms with Gasteiger partial charge in [-0.2, -0.15) is 0 Å². The quantitative estimate of drug-likeness (QED) is 0.842. The molecule has 0 fully saturated rings. The monoisotopic (exact) mass is 246 g/mol. The number of fused-ring (bicyclic) bond motifs is 1. The van der Waals surface area contributed by atoms with Crippen molar-refractivity contribution < 1.29 is 5.11 Å². The Bertz CT molecular complexity index is 515. The summed E-state index contributed by atoms with van der Waals surface area (Å²) >= 11 is 0. The molecule has 0 aliphatic heterocycles. The van der Waals surface area contributed by atoms with E-state index in [2.05, 4.69) is 34.1 Å². The average molecular weight is 246 g/mol. The Balaban J connectivity index is 1.99. The molecular formula is C13H18N4O. The normalized spacial score (nSPS) is 12.9. The van der Waals surface area contributed by atoms with E-state index in [1.807, 2.05) is 12.1 Å². The molecule has 0 spiro atoms. The van der Waals surface area contributed by atoms with Crippen molar-refractivity contribution in [1.29, 1.82) is 0 Å². The van der Waals surface area contributed by atoms with Crippen molar-refractivity contribution in [1.82, 2.24) is 15.0 Å². The standard InChI is InChI=1S/C13H18N4O/c1-9(2)7-10(18)8-16-12-4-3-11-13(17-12)15-6-5-14-11/h3-6,9-10,18H,7-8H2,1-2H3,(H,15,16,17). The van der Waals surface area contributed by atoms with Crippen LogP contribution in [0, 0.1) is 5.92 Å². The van der Waals surface area contributed by atoms with Crippen molar-refractivity contribution in [3.8, 4) is 0 Å². The molecule has 0 amide bonds. The first-order valence-electron chi connectivity index (χ1n) is 6.15. The van der Waals surface area contributed by atoms with Gasteiger partial charge in [-0.15, -0.1) is 0 Å². The number of rotatable bonds is 5. The number of hydrogen-bond donors (Lipinski definition) is 2. The summed E-state index contributed by atoms with van der Waals surface area (Å²) in [6.07, 6.45) is 3.68. The maximum absolute atomic E-state index is 9.78. The van der Waals surface area contributed by atoms with E-state index in [1.165, 1.54) is 0 Å². The lowest BCUT2D eigenvalue weighted by molar-refractivity contribution is 0.161. The molecule has 96 valence electrons. The minimum absolute atomic E-state index is 0.357. The maximum atomic E-state index is 9.78. The zero-order valence-electron chi connectivity index (χ0n) is 10.7. The second kappa shape index (κ2) is 5.73. The lowest BCUT2D eigenvalue weighted by Gasteiger charge is -2.14. The van der Waals surface area contributed by atoms with Gasteiger partial charge in [0.05, 0.1) is 6.10 Å². The molecule has 2 heterocycles. The first-order chi connectivity index (χ1) is 8.65. The molecule has 1 unspecified atom stereocenters. The third-order valence-electron chi connectivity index (χ3n) is 2.59. The second-order valence-electron chi connectivity index (χ2n) is 4.76. The average Bonchev–Trinajstić information content (AvgIpc) is 2.35. The van der Waals surface area contributed by atoms with Gasteiger partial charge in [0.2, 0.25) is 0 Å². The van der Waals surface area contributed by atoms with E-state index in [9.17, 15) is 5.11 Å². The van der Waals surface area contributed by atoms with Crippen LogP contribution in [-0.4, -0.2) is 32.7 Å². The first-order valence-corrected chi connectivity index (χ1v) is 6.15. The van der Waals surface area contributed by atoms with Crippen molar-refractivity contribution in [2.24, 2.45) is 5.92 Å². The lowest BCUT2D eigenvalue weighted by Crippen LogP contribution is -2.21. The molecule has 0 saturated carbocycles. The fourth-order valence-corrected chi connectivity index (χ4v) is 1.80. The summed E-state index contributed by atoms with van der Waals surface area (Å²) in [6, 6.07) is 3.71. The highest BCUT2D eigenvalue weighted by molar-refractivity contribution is 5.71. The predicted octanol–water partition coefficient (Wildman–Crippen LogP) is 1.84. The minimum Gasteiger partial charge on any atom is -0.391 e. The van der Waals surface area contributed by atoms with Gasteiger partial charge in [0, 0.05) is 18.9 Å². The fourth-order valence-electron chi connectivity index (χ4n) is 1.80. The largest absolute Gasteiger partial charge is 0.391 e. The zero-order chi connectivity index (χ0) is 13.0. The van der Waals surface area contributed by atoms with Crippen LogP contribution in [0.1, 0.15) is 20.3 Å². The Morgan fingerprint density at radius 3 is 2.78 bits per heavy atom. The Morgan fingerprint density at radius 1 is 1.22 bits per heavy atom. The Labute approximate surface area is 106 Å². The Kier molecular flexibility index (Phi) is 4.04. The van der Waals surface area contributed by atoms with Crippen LogP contribution in [0.5, 0.6) is 0 Å². The predicted molar refractivity (Wildman–Crippen MR) is 71.3 cm³/mol. The van der Waals surface area contributed by atoms with E-state index in [0.29, 0.717) is 23.9 Å². The molecule has 0 aromatic carbocycles. The Morgan fingerprint density at radius 2 is 2.00 bits per heavy atom. The van der Waals surface area contributed by atoms with Crippen LogP contribution in [0.15, 0.2) is 24.5 Å². The molecular weight excluding hydrogens is 228 g/mol. The summed E-state index contributed by atoms with van der Waals surface area (Å²) in [5, 5.41) is 12.9. The van der Waals surface area contributed by atoms with Crippen molar-refractivity contribution in [2.45, 2.75) is 26.4 Å². The van der Waals surface area contributed by atoms with Crippen LogP contribution in [0.2, 0.25) is 0 Å². The minimum atomic E-state index is -0.357. The van der Waals surface area contributed by atoms with Crippen LogP contribution in [0.3, 0.4) is 0 Å². The van der Waals surface area contributed by atoms with E-state index in [4.69, 9.17) is 0 Å². The number of aromatic nitrogens is 3. The van der Waals surface area contributed by atoms with Crippen molar-refractivity contribution >= 4 is 17.0 Å². The van der Waals surface area contributed by atoms with Crippen LogP contribution < -0.4 is 5.32 Å². The molecule has 1 atom stereocenters. The molecule has 18 heavy (non-hydrogen) atoms. The molecule has 0 radical (unpaired) electrons. The number of hydrogen-bond acceptors (Lipinski definition) is 5. The van der Waals surface area contributed by atoms with E-state index in [1.54, 1.807) is 12.4 Å². The van der Waals surface area contributed by atoms with E-state index in [0.717, 1.165) is 11.9 Å². The summed E-state index contributed by atoms with van der Waals surface area (Å²) in [6.45, 7) is 4.68. The van der Waals surface area contributed by atoms with Crippen LogP contribution in [0.4, 0.5) is 5.82 Å². The molecule has 2 aromatic heterocycles. The van der Waals surface area contributed by atoms with Gasteiger partial charge in [-0.3, -0.25) is 4.98 Å². The highest BCUT2D eigenvalue weighted by Gasteiger charge is 2.07. The van der Waals surface area contributed by atoms with Gasteiger partial charge < -0.3 is 10.4 Å². The van der Waals surface area contributed by atoms with E-state index < -0.39 is 0 Å². The molecule has 2 aromatic rings. The lowest BCUT2D eigenvalue weighted by atomic mass is 10.1. The molecule has 0 saturated heterocycles. The van der Waals surface area contributed by atoms with Crippen molar-refractivity contribution in [3.63, 3.8) is 0 Å². The number of nitrogens with one attached hydrogen (secondary N) is 1. The molecule has 5 heteroatoms. The van der Waals surface area contributed by atoms with Crippen LogP contribution in [0.25, 0.3) is 11.2 Å². The first kappa shape index (κ1) is 12.7. The number of aliphatic hydroxyl groups is 1. The number of nitrogens with zero attached hydrogens (tertiary/aromatic N) is 3. The van der Waals surface area contributed by atoms with Gasteiger partial charge in [-0.1, -0.05) is 13.8 Å². The Hall–Kier alpha value is -1.75.